The van der Waals surface area contributed by atoms with Gasteiger partial charge < -0.3 is 9.64 Å². The van der Waals surface area contributed by atoms with Gasteiger partial charge in [-0.15, -0.1) is 11.3 Å². The number of ether oxygens (including phenoxy) is 1. The van der Waals surface area contributed by atoms with Crippen LogP contribution in [0.1, 0.15) is 26.5 Å². The van der Waals surface area contributed by atoms with E-state index >= 15 is 0 Å². The lowest BCUT2D eigenvalue weighted by Gasteiger charge is -2.20. The Labute approximate surface area is 147 Å². The molecule has 24 heavy (non-hydrogen) atoms. The monoisotopic (exact) mass is 344 g/mol. The SMILES string of the molecule is C=C(C)CN(CC)C(=O)Cc1csc(-c2ccc(OCC)cc2)n1. The Bertz CT molecular complexity index is 692. The number of carbonyl (C=O) groups excluding carboxylic acids is 1. The second kappa shape index (κ2) is 8.64. The maximum Gasteiger partial charge on any atom is 0.228 e. The Balaban J connectivity index is 2.04. The van der Waals surface area contributed by atoms with Gasteiger partial charge in [0.05, 0.1) is 18.7 Å². The molecule has 0 N–H and O–H groups in total. The summed E-state index contributed by atoms with van der Waals surface area (Å²) in [5.41, 5.74) is 2.84. The Kier molecular flexibility index (Phi) is 6.55. The highest BCUT2D eigenvalue weighted by Gasteiger charge is 2.14. The van der Waals surface area contributed by atoms with Gasteiger partial charge in [-0.05, 0) is 45.0 Å². The molecule has 0 aliphatic heterocycles. The molecule has 0 aliphatic rings. The van der Waals surface area contributed by atoms with E-state index < -0.39 is 0 Å². The topological polar surface area (TPSA) is 42.4 Å². The number of carbonyl (C=O) groups is 1. The summed E-state index contributed by atoms with van der Waals surface area (Å²) in [6, 6.07) is 7.87. The lowest BCUT2D eigenvalue weighted by atomic mass is 10.2. The van der Waals surface area contributed by atoms with Gasteiger partial charge in [-0.25, -0.2) is 4.98 Å². The molecule has 1 aromatic heterocycles. The summed E-state index contributed by atoms with van der Waals surface area (Å²) in [5, 5.41) is 2.88. The lowest BCUT2D eigenvalue weighted by Crippen LogP contribution is -2.33. The summed E-state index contributed by atoms with van der Waals surface area (Å²) >= 11 is 1.56. The molecule has 2 aromatic rings. The van der Waals surface area contributed by atoms with E-state index in [9.17, 15) is 4.79 Å². The minimum atomic E-state index is 0.0871. The highest BCUT2D eigenvalue weighted by Crippen LogP contribution is 2.26. The fraction of sp³-hybridized carbons (Fsp3) is 0.368. The van der Waals surface area contributed by atoms with Gasteiger partial charge in [0.15, 0.2) is 0 Å². The van der Waals surface area contributed by atoms with Crippen LogP contribution in [0.25, 0.3) is 10.6 Å². The van der Waals surface area contributed by atoms with Gasteiger partial charge in [0, 0.05) is 24.0 Å². The molecule has 0 fully saturated rings. The zero-order chi connectivity index (χ0) is 17.5. The average molecular weight is 344 g/mol. The minimum Gasteiger partial charge on any atom is -0.494 e. The van der Waals surface area contributed by atoms with Crippen molar-refractivity contribution in [2.24, 2.45) is 0 Å². The number of thiazole rings is 1. The van der Waals surface area contributed by atoms with Crippen molar-refractivity contribution in [3.8, 4) is 16.3 Å². The van der Waals surface area contributed by atoms with Crippen LogP contribution in [0.5, 0.6) is 5.75 Å². The van der Waals surface area contributed by atoms with E-state index in [0.717, 1.165) is 27.6 Å². The van der Waals surface area contributed by atoms with E-state index in [1.807, 2.05) is 50.4 Å². The molecular weight excluding hydrogens is 320 g/mol. The number of rotatable bonds is 8. The van der Waals surface area contributed by atoms with E-state index in [1.54, 1.807) is 16.2 Å². The maximum absolute atomic E-state index is 12.4. The fourth-order valence-electron chi connectivity index (χ4n) is 2.35. The molecule has 0 saturated carbocycles. The molecule has 0 atom stereocenters. The summed E-state index contributed by atoms with van der Waals surface area (Å²) in [7, 11) is 0. The molecule has 1 aromatic carbocycles. The first-order chi connectivity index (χ1) is 11.5. The van der Waals surface area contributed by atoms with Crippen molar-refractivity contribution in [2.75, 3.05) is 19.7 Å². The van der Waals surface area contributed by atoms with Crippen LogP contribution in [0.15, 0.2) is 41.8 Å². The lowest BCUT2D eigenvalue weighted by molar-refractivity contribution is -0.129. The Morgan fingerprint density at radius 2 is 2.00 bits per heavy atom. The second-order valence-corrected chi connectivity index (χ2v) is 6.50. The van der Waals surface area contributed by atoms with E-state index in [0.29, 0.717) is 26.1 Å². The molecule has 0 saturated heterocycles. The Morgan fingerprint density at radius 1 is 1.29 bits per heavy atom. The minimum absolute atomic E-state index is 0.0871. The third kappa shape index (κ3) is 4.93. The van der Waals surface area contributed by atoms with Crippen LogP contribution in [0.4, 0.5) is 0 Å². The molecule has 5 heteroatoms. The predicted octanol–water partition coefficient (Wildman–Crippen LogP) is 4.18. The van der Waals surface area contributed by atoms with Gasteiger partial charge in [0.1, 0.15) is 10.8 Å². The standard InChI is InChI=1S/C19H24N2O2S/c1-5-21(12-14(3)4)18(22)11-16-13-24-19(20-16)15-7-9-17(10-8-15)23-6-2/h7-10,13H,3,5-6,11-12H2,1-2,4H3. The summed E-state index contributed by atoms with van der Waals surface area (Å²) in [6.45, 7) is 11.7. The second-order valence-electron chi connectivity index (χ2n) is 5.64. The zero-order valence-corrected chi connectivity index (χ0v) is 15.4. The highest BCUT2D eigenvalue weighted by molar-refractivity contribution is 7.13. The summed E-state index contributed by atoms with van der Waals surface area (Å²) in [4.78, 5) is 18.8. The first-order valence-electron chi connectivity index (χ1n) is 8.13. The van der Waals surface area contributed by atoms with Crippen molar-refractivity contribution in [1.82, 2.24) is 9.88 Å². The van der Waals surface area contributed by atoms with Gasteiger partial charge in [-0.2, -0.15) is 0 Å². The van der Waals surface area contributed by atoms with E-state index in [1.165, 1.54) is 0 Å². The van der Waals surface area contributed by atoms with Gasteiger partial charge in [-0.1, -0.05) is 12.2 Å². The van der Waals surface area contributed by atoms with Crippen molar-refractivity contribution in [3.05, 3.63) is 47.5 Å². The summed E-state index contributed by atoms with van der Waals surface area (Å²) in [6.07, 6.45) is 0.328. The highest BCUT2D eigenvalue weighted by atomic mass is 32.1. The van der Waals surface area contributed by atoms with E-state index in [-0.39, 0.29) is 5.91 Å². The number of nitrogens with zero attached hydrogens (tertiary/aromatic N) is 2. The van der Waals surface area contributed by atoms with Crippen LogP contribution in [-0.2, 0) is 11.2 Å². The molecule has 1 heterocycles. The first kappa shape index (κ1) is 18.2. The van der Waals surface area contributed by atoms with Crippen LogP contribution < -0.4 is 4.74 Å². The molecule has 0 aliphatic carbocycles. The van der Waals surface area contributed by atoms with Crippen molar-refractivity contribution in [1.29, 1.82) is 0 Å². The van der Waals surface area contributed by atoms with Gasteiger partial charge >= 0.3 is 0 Å². The first-order valence-corrected chi connectivity index (χ1v) is 9.01. The van der Waals surface area contributed by atoms with Crippen LogP contribution in [0.3, 0.4) is 0 Å². The normalized spacial score (nSPS) is 10.5. The molecule has 0 spiro atoms. The van der Waals surface area contributed by atoms with E-state index in [4.69, 9.17) is 4.74 Å². The summed E-state index contributed by atoms with van der Waals surface area (Å²) < 4.78 is 5.45. The van der Waals surface area contributed by atoms with Crippen LogP contribution in [-0.4, -0.2) is 35.5 Å². The van der Waals surface area contributed by atoms with Crippen LogP contribution >= 0.6 is 11.3 Å². The number of likely N-dealkylation sites (N-methyl/N-ethyl adjacent to an activating group) is 1. The number of hydrogen-bond acceptors (Lipinski definition) is 4. The quantitative estimate of drug-likeness (QED) is 0.675. The van der Waals surface area contributed by atoms with Crippen molar-refractivity contribution >= 4 is 17.2 Å². The van der Waals surface area contributed by atoms with Crippen molar-refractivity contribution in [2.45, 2.75) is 27.2 Å². The fourth-order valence-corrected chi connectivity index (χ4v) is 3.18. The molecule has 0 unspecified atom stereocenters. The summed E-state index contributed by atoms with van der Waals surface area (Å²) in [5.74, 6) is 0.940. The molecule has 1 amide bonds. The Hall–Kier alpha value is -2.14. The van der Waals surface area contributed by atoms with Crippen LogP contribution in [0.2, 0.25) is 0 Å². The molecule has 128 valence electrons. The third-order valence-corrected chi connectivity index (χ3v) is 4.43. The third-order valence-electron chi connectivity index (χ3n) is 3.49. The number of hydrogen-bond donors (Lipinski definition) is 0. The predicted molar refractivity (Wildman–Crippen MR) is 99.5 cm³/mol. The number of amides is 1. The molecule has 0 bridgehead atoms. The zero-order valence-electron chi connectivity index (χ0n) is 14.5. The van der Waals surface area contributed by atoms with Gasteiger partial charge in [-0.3, -0.25) is 4.79 Å². The largest absolute Gasteiger partial charge is 0.494 e. The van der Waals surface area contributed by atoms with E-state index in [2.05, 4.69) is 11.6 Å². The molecular formula is C19H24N2O2S. The number of benzene rings is 1. The maximum atomic E-state index is 12.4. The van der Waals surface area contributed by atoms with Crippen LogP contribution in [0, 0.1) is 0 Å². The Morgan fingerprint density at radius 3 is 2.58 bits per heavy atom. The van der Waals surface area contributed by atoms with Crippen molar-refractivity contribution in [3.63, 3.8) is 0 Å². The van der Waals surface area contributed by atoms with Gasteiger partial charge in [0.25, 0.3) is 0 Å². The average Bonchev–Trinajstić information content (AvgIpc) is 3.01. The molecule has 2 rings (SSSR count). The smallest absolute Gasteiger partial charge is 0.228 e. The van der Waals surface area contributed by atoms with Gasteiger partial charge in [0.2, 0.25) is 5.91 Å². The molecule has 4 nitrogen and oxygen atoms in total. The number of aromatic nitrogens is 1. The van der Waals surface area contributed by atoms with Crippen molar-refractivity contribution < 1.29 is 9.53 Å². The molecule has 0 radical (unpaired) electrons.